The number of rotatable bonds is 8. The van der Waals surface area contributed by atoms with Crippen molar-refractivity contribution in [2.45, 2.75) is 19.8 Å². The van der Waals surface area contributed by atoms with Gasteiger partial charge < -0.3 is 5.32 Å². The van der Waals surface area contributed by atoms with Crippen molar-refractivity contribution in [1.29, 1.82) is 0 Å². The Bertz CT molecular complexity index is 1050. The zero-order valence-electron chi connectivity index (χ0n) is 17.4. The molecule has 2 atom stereocenters. The van der Waals surface area contributed by atoms with Crippen molar-refractivity contribution in [2.24, 2.45) is 11.8 Å². The fourth-order valence-corrected chi connectivity index (χ4v) is 3.49. The molecule has 31 heavy (non-hydrogen) atoms. The van der Waals surface area contributed by atoms with Gasteiger partial charge >= 0.3 is 0 Å². The molecule has 0 saturated heterocycles. The number of amides is 1. The second-order valence-corrected chi connectivity index (χ2v) is 7.65. The Hall–Kier alpha value is -3.60. The first kappa shape index (κ1) is 22.1. The Morgan fingerprint density at radius 1 is 0.774 bits per heavy atom. The van der Waals surface area contributed by atoms with Crippen LogP contribution in [0.25, 0.3) is 0 Å². The van der Waals surface area contributed by atoms with Crippen molar-refractivity contribution in [1.82, 2.24) is 0 Å². The summed E-state index contributed by atoms with van der Waals surface area (Å²) in [5.41, 5.74) is 1.33. The number of carbonyl (C=O) groups excluding carboxylic acids is 3. The lowest BCUT2D eigenvalue weighted by Crippen LogP contribution is -2.40. The standard InChI is InChI=1S/C26H24FNO3/c1-17(2)24(29)23(26(31)28-21-11-7-4-8-12-21)22(18-9-5-3-6-10-18)25(30)19-13-15-20(27)16-14-19/h3-17,22-23H,1-2H3,(H,28,31)/t22-,23+/m0/s1. The van der Waals surface area contributed by atoms with Crippen molar-refractivity contribution in [3.8, 4) is 0 Å². The number of benzene rings is 3. The summed E-state index contributed by atoms with van der Waals surface area (Å²) in [6.07, 6.45) is 0. The molecule has 4 nitrogen and oxygen atoms in total. The Kier molecular flexibility index (Phi) is 7.08. The third kappa shape index (κ3) is 5.31. The van der Waals surface area contributed by atoms with E-state index in [0.717, 1.165) is 0 Å². The Balaban J connectivity index is 2.08. The van der Waals surface area contributed by atoms with E-state index in [0.29, 0.717) is 11.3 Å². The monoisotopic (exact) mass is 417 g/mol. The largest absolute Gasteiger partial charge is 0.325 e. The van der Waals surface area contributed by atoms with Gasteiger partial charge in [0.2, 0.25) is 5.91 Å². The molecule has 1 amide bonds. The average Bonchev–Trinajstić information content (AvgIpc) is 2.78. The quantitative estimate of drug-likeness (QED) is 0.401. The van der Waals surface area contributed by atoms with Crippen LogP contribution < -0.4 is 5.32 Å². The van der Waals surface area contributed by atoms with Gasteiger partial charge in [0, 0.05) is 17.2 Å². The number of hydrogen-bond donors (Lipinski definition) is 1. The molecule has 3 aromatic carbocycles. The normalized spacial score (nSPS) is 12.8. The van der Waals surface area contributed by atoms with E-state index < -0.39 is 35.3 Å². The topological polar surface area (TPSA) is 63.2 Å². The second kappa shape index (κ2) is 9.94. The number of carbonyl (C=O) groups is 3. The molecule has 1 N–H and O–H groups in total. The highest BCUT2D eigenvalue weighted by Gasteiger charge is 2.41. The van der Waals surface area contributed by atoms with Crippen molar-refractivity contribution in [3.05, 3.63) is 102 Å². The summed E-state index contributed by atoms with van der Waals surface area (Å²) in [6, 6.07) is 22.7. The summed E-state index contributed by atoms with van der Waals surface area (Å²) in [5, 5.41) is 2.77. The summed E-state index contributed by atoms with van der Waals surface area (Å²) >= 11 is 0. The minimum Gasteiger partial charge on any atom is -0.325 e. The van der Waals surface area contributed by atoms with Crippen molar-refractivity contribution >= 4 is 23.2 Å². The van der Waals surface area contributed by atoms with Crippen molar-refractivity contribution < 1.29 is 18.8 Å². The first-order valence-corrected chi connectivity index (χ1v) is 10.1. The summed E-state index contributed by atoms with van der Waals surface area (Å²) in [5.74, 6) is -4.49. The van der Waals surface area contributed by atoms with Crippen LogP contribution >= 0.6 is 0 Å². The van der Waals surface area contributed by atoms with Gasteiger partial charge in [-0.3, -0.25) is 14.4 Å². The van der Waals surface area contributed by atoms with E-state index in [9.17, 15) is 18.8 Å². The zero-order valence-corrected chi connectivity index (χ0v) is 17.4. The van der Waals surface area contributed by atoms with Gasteiger partial charge in [0.1, 0.15) is 17.5 Å². The van der Waals surface area contributed by atoms with Crippen LogP contribution in [0.15, 0.2) is 84.9 Å². The molecule has 0 aliphatic carbocycles. The lowest BCUT2D eigenvalue weighted by Gasteiger charge is -2.26. The van der Waals surface area contributed by atoms with Gasteiger partial charge in [-0.1, -0.05) is 62.4 Å². The van der Waals surface area contributed by atoms with Gasteiger partial charge in [-0.15, -0.1) is 0 Å². The molecule has 0 aliphatic heterocycles. The summed E-state index contributed by atoms with van der Waals surface area (Å²) in [4.78, 5) is 40.1. The van der Waals surface area contributed by atoms with Gasteiger partial charge in [-0.2, -0.15) is 0 Å². The van der Waals surface area contributed by atoms with E-state index in [1.54, 1.807) is 68.4 Å². The predicted octanol–water partition coefficient (Wildman–Crippen LogP) is 5.27. The van der Waals surface area contributed by atoms with Crippen LogP contribution in [0.3, 0.4) is 0 Å². The molecule has 0 unspecified atom stereocenters. The fraction of sp³-hybridized carbons (Fsp3) is 0.192. The number of anilines is 1. The summed E-state index contributed by atoms with van der Waals surface area (Å²) in [7, 11) is 0. The fourth-order valence-electron chi connectivity index (χ4n) is 3.49. The molecule has 3 rings (SSSR count). The van der Waals surface area contributed by atoms with Gasteiger partial charge in [0.25, 0.3) is 0 Å². The highest BCUT2D eigenvalue weighted by molar-refractivity contribution is 6.14. The molecule has 158 valence electrons. The van der Waals surface area contributed by atoms with Crippen molar-refractivity contribution in [3.63, 3.8) is 0 Å². The van der Waals surface area contributed by atoms with Crippen LogP contribution in [-0.4, -0.2) is 17.5 Å². The van der Waals surface area contributed by atoms with E-state index in [-0.39, 0.29) is 11.3 Å². The Morgan fingerprint density at radius 2 is 1.32 bits per heavy atom. The third-order valence-electron chi connectivity index (χ3n) is 5.10. The van der Waals surface area contributed by atoms with E-state index in [1.807, 2.05) is 6.07 Å². The Labute approximate surface area is 181 Å². The van der Waals surface area contributed by atoms with E-state index in [1.165, 1.54) is 24.3 Å². The lowest BCUT2D eigenvalue weighted by molar-refractivity contribution is -0.133. The van der Waals surface area contributed by atoms with Crippen LogP contribution in [0.2, 0.25) is 0 Å². The highest BCUT2D eigenvalue weighted by Crippen LogP contribution is 2.32. The van der Waals surface area contributed by atoms with Gasteiger partial charge in [-0.25, -0.2) is 4.39 Å². The molecule has 0 heterocycles. The maximum Gasteiger partial charge on any atom is 0.236 e. The highest BCUT2D eigenvalue weighted by atomic mass is 19.1. The number of halogens is 1. The summed E-state index contributed by atoms with van der Waals surface area (Å²) < 4.78 is 13.4. The number of hydrogen-bond acceptors (Lipinski definition) is 3. The zero-order chi connectivity index (χ0) is 22.4. The van der Waals surface area contributed by atoms with Crippen LogP contribution in [0, 0.1) is 17.7 Å². The minimum absolute atomic E-state index is 0.240. The second-order valence-electron chi connectivity index (χ2n) is 7.65. The van der Waals surface area contributed by atoms with Gasteiger partial charge in [-0.05, 0) is 42.0 Å². The third-order valence-corrected chi connectivity index (χ3v) is 5.10. The van der Waals surface area contributed by atoms with Crippen LogP contribution in [0.1, 0.15) is 35.7 Å². The Morgan fingerprint density at radius 3 is 1.87 bits per heavy atom. The molecule has 5 heteroatoms. The smallest absolute Gasteiger partial charge is 0.236 e. The molecular weight excluding hydrogens is 393 g/mol. The minimum atomic E-state index is -1.24. The average molecular weight is 417 g/mol. The van der Waals surface area contributed by atoms with E-state index in [2.05, 4.69) is 5.32 Å². The number of nitrogens with one attached hydrogen (secondary N) is 1. The molecule has 0 bridgehead atoms. The van der Waals surface area contributed by atoms with E-state index in [4.69, 9.17) is 0 Å². The van der Waals surface area contributed by atoms with Crippen molar-refractivity contribution in [2.75, 3.05) is 5.32 Å². The molecule has 0 aromatic heterocycles. The van der Waals surface area contributed by atoms with Gasteiger partial charge in [0.05, 0.1) is 5.92 Å². The van der Waals surface area contributed by atoms with E-state index >= 15 is 0 Å². The lowest BCUT2D eigenvalue weighted by atomic mass is 9.75. The maximum atomic E-state index is 13.5. The first-order valence-electron chi connectivity index (χ1n) is 10.1. The van der Waals surface area contributed by atoms with Crippen LogP contribution in [0.4, 0.5) is 10.1 Å². The summed E-state index contributed by atoms with van der Waals surface area (Å²) in [6.45, 7) is 3.41. The molecular formula is C26H24FNO3. The van der Waals surface area contributed by atoms with Crippen LogP contribution in [0.5, 0.6) is 0 Å². The van der Waals surface area contributed by atoms with Gasteiger partial charge in [0.15, 0.2) is 5.78 Å². The molecule has 0 fully saturated rings. The number of Topliss-reactive ketones (excluding diaryl/α,β-unsaturated/α-hetero) is 2. The molecule has 0 radical (unpaired) electrons. The maximum absolute atomic E-state index is 13.5. The number of para-hydroxylation sites is 1. The first-order chi connectivity index (χ1) is 14.9. The SMILES string of the molecule is CC(C)C(=O)[C@H](C(=O)Nc1ccccc1)[C@@H](C(=O)c1ccc(F)cc1)c1ccccc1. The molecule has 0 saturated carbocycles. The van der Waals surface area contributed by atoms with Crippen LogP contribution in [-0.2, 0) is 9.59 Å². The molecule has 0 aliphatic rings. The predicted molar refractivity (Wildman–Crippen MR) is 118 cm³/mol. The molecule has 3 aromatic rings. The molecule has 0 spiro atoms. The number of ketones is 2.